The van der Waals surface area contributed by atoms with Crippen molar-refractivity contribution in [1.29, 1.82) is 0 Å². The minimum atomic E-state index is -1.27. The third-order valence-electron chi connectivity index (χ3n) is 6.18. The van der Waals surface area contributed by atoms with Gasteiger partial charge in [-0.25, -0.2) is 4.79 Å². The van der Waals surface area contributed by atoms with E-state index in [1.807, 2.05) is 11.9 Å². The van der Waals surface area contributed by atoms with Gasteiger partial charge in [-0.2, -0.15) is 0 Å². The summed E-state index contributed by atoms with van der Waals surface area (Å²) in [6.07, 6.45) is 2.99. The largest absolute Gasteiger partial charge is 0.493 e. The van der Waals surface area contributed by atoms with Crippen LogP contribution in [0.4, 0.5) is 0 Å². The monoisotopic (exact) mass is 406 g/mol. The number of carboxylic acid groups (broad SMARTS) is 1. The first-order valence-electron chi connectivity index (χ1n) is 9.92. The number of rotatable bonds is 7. The van der Waals surface area contributed by atoms with Gasteiger partial charge in [-0.15, -0.1) is 0 Å². The summed E-state index contributed by atoms with van der Waals surface area (Å²) in [6, 6.07) is 3.27. The molecule has 0 bridgehead atoms. The fraction of sp³-hybridized carbons (Fsp3) is 0.619. The Morgan fingerprint density at radius 2 is 1.76 bits per heavy atom. The molecule has 1 aromatic rings. The molecule has 160 valence electrons. The lowest BCUT2D eigenvalue weighted by molar-refractivity contribution is -0.158. The Hall–Kier alpha value is -2.48. The van der Waals surface area contributed by atoms with Crippen molar-refractivity contribution in [2.45, 2.75) is 43.7 Å². The normalized spacial score (nSPS) is 24.6. The summed E-state index contributed by atoms with van der Waals surface area (Å²) in [4.78, 5) is 29.4. The number of carbonyl (C=O) groups is 2. The number of benzene rings is 1. The topological polar surface area (TPSA) is 88.5 Å². The summed E-state index contributed by atoms with van der Waals surface area (Å²) >= 11 is 0. The summed E-state index contributed by atoms with van der Waals surface area (Å²) in [5.41, 5.74) is -0.549. The molecule has 2 saturated heterocycles. The molecule has 8 nitrogen and oxygen atoms in total. The van der Waals surface area contributed by atoms with Crippen LogP contribution in [0.5, 0.6) is 17.2 Å². The standard InChI is InChI=1S/C21H30N2O6/c1-22-9-5-7-15(22)19(24)23-10-6-8-21(23,20(25)26)13-14-11-16(27-2)18(29-4)17(12-14)28-3/h11-12,15H,5-10,13H2,1-4H3,(H,25,26)/t15-,21?/m0/s1. The minimum absolute atomic E-state index is 0.0858. The van der Waals surface area contributed by atoms with E-state index in [1.165, 1.54) is 21.3 Å². The van der Waals surface area contributed by atoms with Gasteiger partial charge < -0.3 is 24.2 Å². The van der Waals surface area contributed by atoms with Gasteiger partial charge in [0.2, 0.25) is 11.7 Å². The second kappa shape index (κ2) is 8.49. The van der Waals surface area contributed by atoms with Gasteiger partial charge in [-0.1, -0.05) is 0 Å². The van der Waals surface area contributed by atoms with E-state index >= 15 is 0 Å². The van der Waals surface area contributed by atoms with Crippen molar-refractivity contribution in [3.63, 3.8) is 0 Å². The van der Waals surface area contributed by atoms with E-state index in [2.05, 4.69) is 0 Å². The van der Waals surface area contributed by atoms with Gasteiger partial charge in [-0.3, -0.25) is 9.69 Å². The van der Waals surface area contributed by atoms with Crippen molar-refractivity contribution in [1.82, 2.24) is 9.80 Å². The molecule has 2 fully saturated rings. The smallest absolute Gasteiger partial charge is 0.329 e. The maximum absolute atomic E-state index is 13.3. The molecule has 8 heteroatoms. The van der Waals surface area contributed by atoms with E-state index in [9.17, 15) is 14.7 Å². The Morgan fingerprint density at radius 3 is 2.24 bits per heavy atom. The summed E-state index contributed by atoms with van der Waals surface area (Å²) in [5, 5.41) is 10.2. The van der Waals surface area contributed by atoms with Crippen LogP contribution in [0.25, 0.3) is 0 Å². The summed E-state index contributed by atoms with van der Waals surface area (Å²) in [5.74, 6) is 0.327. The molecule has 0 aliphatic carbocycles. The number of likely N-dealkylation sites (N-methyl/N-ethyl adjacent to an activating group) is 1. The number of aliphatic carboxylic acids is 1. The van der Waals surface area contributed by atoms with Crippen LogP contribution in [0.3, 0.4) is 0 Å². The third-order valence-corrected chi connectivity index (χ3v) is 6.18. The molecular formula is C21H30N2O6. The van der Waals surface area contributed by atoms with E-state index in [1.54, 1.807) is 17.0 Å². The molecule has 1 amide bonds. The van der Waals surface area contributed by atoms with Crippen molar-refractivity contribution in [3.8, 4) is 17.2 Å². The zero-order valence-corrected chi connectivity index (χ0v) is 17.6. The fourth-order valence-corrected chi connectivity index (χ4v) is 4.66. The number of hydrogen-bond acceptors (Lipinski definition) is 6. The summed E-state index contributed by atoms with van der Waals surface area (Å²) < 4.78 is 16.2. The maximum atomic E-state index is 13.3. The number of carboxylic acids is 1. The first kappa shape index (κ1) is 21.2. The molecule has 1 unspecified atom stereocenters. The number of carbonyl (C=O) groups excluding carboxylic acids is 1. The van der Waals surface area contributed by atoms with Crippen LogP contribution in [0, 0.1) is 0 Å². The van der Waals surface area contributed by atoms with Crippen molar-refractivity contribution >= 4 is 11.9 Å². The first-order chi connectivity index (χ1) is 13.9. The zero-order valence-electron chi connectivity index (χ0n) is 17.6. The van der Waals surface area contributed by atoms with Gasteiger partial charge in [0, 0.05) is 13.0 Å². The van der Waals surface area contributed by atoms with Crippen molar-refractivity contribution < 1.29 is 28.9 Å². The zero-order chi connectivity index (χ0) is 21.2. The summed E-state index contributed by atoms with van der Waals surface area (Å²) in [7, 11) is 6.49. The Balaban J connectivity index is 1.97. The lowest BCUT2D eigenvalue weighted by atomic mass is 9.87. The van der Waals surface area contributed by atoms with Crippen molar-refractivity contribution in [3.05, 3.63) is 17.7 Å². The van der Waals surface area contributed by atoms with Crippen LogP contribution < -0.4 is 14.2 Å². The fourth-order valence-electron chi connectivity index (χ4n) is 4.66. The molecule has 2 heterocycles. The number of nitrogens with zero attached hydrogens (tertiary/aromatic N) is 2. The number of likely N-dealkylation sites (tertiary alicyclic amines) is 2. The van der Waals surface area contributed by atoms with E-state index < -0.39 is 11.5 Å². The lowest BCUT2D eigenvalue weighted by Gasteiger charge is -2.37. The van der Waals surface area contributed by atoms with Crippen LogP contribution in [-0.2, 0) is 16.0 Å². The van der Waals surface area contributed by atoms with E-state index in [-0.39, 0.29) is 18.4 Å². The van der Waals surface area contributed by atoms with Gasteiger partial charge in [-0.05, 0) is 57.0 Å². The lowest BCUT2D eigenvalue weighted by Crippen LogP contribution is -2.58. The number of methoxy groups -OCH3 is 3. The average Bonchev–Trinajstić information content (AvgIpc) is 3.33. The van der Waals surface area contributed by atoms with Crippen LogP contribution in [-0.4, -0.2) is 79.8 Å². The van der Waals surface area contributed by atoms with Crippen LogP contribution in [0.2, 0.25) is 0 Å². The molecule has 0 aromatic heterocycles. The van der Waals surface area contributed by atoms with Gasteiger partial charge in [0.25, 0.3) is 0 Å². The molecule has 3 rings (SSSR count). The molecule has 2 aliphatic rings. The first-order valence-corrected chi connectivity index (χ1v) is 9.92. The molecule has 2 aliphatic heterocycles. The SMILES string of the molecule is COc1cc(CC2(C(=O)O)CCCN2C(=O)[C@@H]2CCCN2C)cc(OC)c1OC. The highest BCUT2D eigenvalue weighted by Crippen LogP contribution is 2.41. The van der Waals surface area contributed by atoms with E-state index in [4.69, 9.17) is 14.2 Å². The molecule has 0 spiro atoms. The third kappa shape index (κ3) is 3.73. The predicted molar refractivity (Wildman–Crippen MR) is 107 cm³/mol. The van der Waals surface area contributed by atoms with Gasteiger partial charge in [0.15, 0.2) is 11.5 Å². The Labute approximate surface area is 171 Å². The Kier molecular flexibility index (Phi) is 6.21. The van der Waals surface area contributed by atoms with Crippen LogP contribution in [0.1, 0.15) is 31.2 Å². The molecule has 2 atom stereocenters. The van der Waals surface area contributed by atoms with Crippen molar-refractivity contribution in [2.24, 2.45) is 0 Å². The number of hydrogen-bond donors (Lipinski definition) is 1. The highest BCUT2D eigenvalue weighted by atomic mass is 16.5. The summed E-state index contributed by atoms with van der Waals surface area (Å²) in [6.45, 7) is 1.32. The molecule has 1 aromatic carbocycles. The van der Waals surface area contributed by atoms with Crippen molar-refractivity contribution in [2.75, 3.05) is 41.5 Å². The minimum Gasteiger partial charge on any atom is -0.493 e. The van der Waals surface area contributed by atoms with Gasteiger partial charge >= 0.3 is 5.97 Å². The highest BCUT2D eigenvalue weighted by Gasteiger charge is 2.52. The average molecular weight is 406 g/mol. The second-order valence-corrected chi connectivity index (χ2v) is 7.78. The van der Waals surface area contributed by atoms with Gasteiger partial charge in [0.1, 0.15) is 5.54 Å². The Bertz CT molecular complexity index is 757. The van der Waals surface area contributed by atoms with Crippen LogP contribution >= 0.6 is 0 Å². The quantitative estimate of drug-likeness (QED) is 0.739. The van der Waals surface area contributed by atoms with E-state index in [0.717, 1.165) is 24.9 Å². The highest BCUT2D eigenvalue weighted by molar-refractivity contribution is 5.90. The van der Waals surface area contributed by atoms with E-state index in [0.29, 0.717) is 36.6 Å². The van der Waals surface area contributed by atoms with Crippen LogP contribution in [0.15, 0.2) is 12.1 Å². The number of ether oxygens (including phenoxy) is 3. The second-order valence-electron chi connectivity index (χ2n) is 7.78. The molecule has 1 N–H and O–H groups in total. The number of amides is 1. The predicted octanol–water partition coefficient (Wildman–Crippen LogP) is 1.79. The molecule has 0 radical (unpaired) electrons. The Morgan fingerprint density at radius 1 is 1.10 bits per heavy atom. The maximum Gasteiger partial charge on any atom is 0.329 e. The van der Waals surface area contributed by atoms with Gasteiger partial charge in [0.05, 0.1) is 27.4 Å². The molecular weight excluding hydrogens is 376 g/mol. The molecule has 29 heavy (non-hydrogen) atoms. The molecule has 0 saturated carbocycles.